The molecule has 1 unspecified atom stereocenters. The molecule has 0 amide bonds. The Bertz CT molecular complexity index is 302. The second-order valence-electron chi connectivity index (χ2n) is 3.89. The number of rotatable bonds is 6. The van der Waals surface area contributed by atoms with E-state index in [-0.39, 0.29) is 0 Å². The standard InChI is InChI=1S/C13H21NO2/c1-5-7-8-9-11(3)13(6-2,10-14)12(15)16-4/h9H,5-8H2,1-4H3. The average molecular weight is 223 g/mol. The van der Waals surface area contributed by atoms with Crippen LogP contribution in [0, 0.1) is 16.7 Å². The van der Waals surface area contributed by atoms with E-state index in [4.69, 9.17) is 4.74 Å². The second-order valence-corrected chi connectivity index (χ2v) is 3.89. The molecule has 90 valence electrons. The van der Waals surface area contributed by atoms with Gasteiger partial charge in [-0.15, -0.1) is 0 Å². The molecule has 0 aromatic rings. The van der Waals surface area contributed by atoms with E-state index in [0.29, 0.717) is 6.42 Å². The van der Waals surface area contributed by atoms with Crippen molar-refractivity contribution in [3.8, 4) is 6.07 Å². The van der Waals surface area contributed by atoms with Gasteiger partial charge in [0.25, 0.3) is 0 Å². The number of nitriles is 1. The van der Waals surface area contributed by atoms with Crippen LogP contribution in [0.5, 0.6) is 0 Å². The van der Waals surface area contributed by atoms with Crippen molar-refractivity contribution in [3.05, 3.63) is 11.6 Å². The topological polar surface area (TPSA) is 50.1 Å². The first-order valence-corrected chi connectivity index (χ1v) is 5.75. The summed E-state index contributed by atoms with van der Waals surface area (Å²) in [6, 6.07) is 2.10. The fraction of sp³-hybridized carbons (Fsp3) is 0.692. The van der Waals surface area contributed by atoms with Gasteiger partial charge < -0.3 is 4.74 Å². The third kappa shape index (κ3) is 3.10. The SMILES string of the molecule is CCCCC=C(C)C(C#N)(CC)C(=O)OC. The summed E-state index contributed by atoms with van der Waals surface area (Å²) in [5, 5.41) is 9.21. The molecule has 0 aromatic heterocycles. The Hall–Kier alpha value is -1.30. The highest BCUT2D eigenvalue weighted by molar-refractivity contribution is 5.83. The number of nitrogens with zero attached hydrogens (tertiary/aromatic N) is 1. The minimum atomic E-state index is -1.09. The summed E-state index contributed by atoms with van der Waals surface area (Å²) in [6.07, 6.45) is 5.51. The van der Waals surface area contributed by atoms with Gasteiger partial charge >= 0.3 is 5.97 Å². The van der Waals surface area contributed by atoms with E-state index in [1.165, 1.54) is 7.11 Å². The average Bonchev–Trinajstić information content (AvgIpc) is 2.31. The van der Waals surface area contributed by atoms with Crippen molar-refractivity contribution < 1.29 is 9.53 Å². The number of carbonyl (C=O) groups is 1. The van der Waals surface area contributed by atoms with Crippen molar-refractivity contribution in [2.24, 2.45) is 5.41 Å². The third-order valence-electron chi connectivity index (χ3n) is 2.94. The first kappa shape index (κ1) is 14.7. The third-order valence-corrected chi connectivity index (χ3v) is 2.94. The van der Waals surface area contributed by atoms with Gasteiger partial charge in [-0.3, -0.25) is 0 Å². The highest BCUT2D eigenvalue weighted by Gasteiger charge is 2.39. The molecule has 0 N–H and O–H groups in total. The number of hydrogen-bond donors (Lipinski definition) is 0. The monoisotopic (exact) mass is 223 g/mol. The molecule has 0 saturated heterocycles. The lowest BCUT2D eigenvalue weighted by Gasteiger charge is -2.23. The van der Waals surface area contributed by atoms with Crippen molar-refractivity contribution in [1.82, 2.24) is 0 Å². The largest absolute Gasteiger partial charge is 0.468 e. The number of esters is 1. The van der Waals surface area contributed by atoms with Crippen molar-refractivity contribution in [2.45, 2.75) is 46.5 Å². The van der Waals surface area contributed by atoms with Gasteiger partial charge in [0.1, 0.15) is 0 Å². The highest BCUT2D eigenvalue weighted by atomic mass is 16.5. The lowest BCUT2D eigenvalue weighted by atomic mass is 9.79. The summed E-state index contributed by atoms with van der Waals surface area (Å²) in [5.74, 6) is -0.456. The van der Waals surface area contributed by atoms with E-state index < -0.39 is 11.4 Å². The Kier molecular flexibility index (Phi) is 6.48. The highest BCUT2D eigenvalue weighted by Crippen LogP contribution is 2.32. The van der Waals surface area contributed by atoms with Crippen molar-refractivity contribution in [3.63, 3.8) is 0 Å². The maximum atomic E-state index is 11.7. The Morgan fingerprint density at radius 1 is 1.50 bits per heavy atom. The summed E-state index contributed by atoms with van der Waals surface area (Å²) in [6.45, 7) is 5.78. The molecule has 3 nitrogen and oxygen atoms in total. The molecular formula is C13H21NO2. The Labute approximate surface area is 98.1 Å². The minimum Gasteiger partial charge on any atom is -0.468 e. The molecule has 0 radical (unpaired) electrons. The smallest absolute Gasteiger partial charge is 0.330 e. The van der Waals surface area contributed by atoms with Gasteiger partial charge in [0.15, 0.2) is 5.41 Å². The predicted octanol–water partition coefficient (Wildman–Crippen LogP) is 3.22. The summed E-state index contributed by atoms with van der Waals surface area (Å²) in [7, 11) is 1.32. The molecule has 16 heavy (non-hydrogen) atoms. The van der Waals surface area contributed by atoms with Crippen LogP contribution in [0.1, 0.15) is 46.5 Å². The molecule has 0 aliphatic heterocycles. The molecule has 0 aliphatic carbocycles. The Balaban J connectivity index is 4.98. The Morgan fingerprint density at radius 2 is 2.12 bits per heavy atom. The molecule has 0 rings (SSSR count). The van der Waals surface area contributed by atoms with Crippen molar-refractivity contribution >= 4 is 5.97 Å². The molecule has 0 heterocycles. The van der Waals surface area contributed by atoms with Gasteiger partial charge in [0.05, 0.1) is 13.2 Å². The zero-order valence-corrected chi connectivity index (χ0v) is 10.7. The van der Waals surface area contributed by atoms with Gasteiger partial charge in [0.2, 0.25) is 0 Å². The number of carbonyl (C=O) groups excluding carboxylic acids is 1. The summed E-state index contributed by atoms with van der Waals surface area (Å²) >= 11 is 0. The fourth-order valence-corrected chi connectivity index (χ4v) is 1.67. The van der Waals surface area contributed by atoms with Crippen LogP contribution in [0.25, 0.3) is 0 Å². The van der Waals surface area contributed by atoms with Crippen LogP contribution >= 0.6 is 0 Å². The second kappa shape index (κ2) is 7.05. The zero-order chi connectivity index (χ0) is 12.6. The number of methoxy groups -OCH3 is 1. The van der Waals surface area contributed by atoms with Gasteiger partial charge in [-0.05, 0) is 25.3 Å². The van der Waals surface area contributed by atoms with Gasteiger partial charge in [-0.1, -0.05) is 32.8 Å². The molecule has 0 saturated carbocycles. The molecular weight excluding hydrogens is 202 g/mol. The van der Waals surface area contributed by atoms with Gasteiger partial charge in [0, 0.05) is 0 Å². The molecule has 0 bridgehead atoms. The van der Waals surface area contributed by atoms with E-state index in [9.17, 15) is 10.1 Å². The lowest BCUT2D eigenvalue weighted by molar-refractivity contribution is -0.147. The van der Waals surface area contributed by atoms with E-state index >= 15 is 0 Å². The van der Waals surface area contributed by atoms with E-state index in [0.717, 1.165) is 24.8 Å². The lowest BCUT2D eigenvalue weighted by Crippen LogP contribution is -2.31. The molecule has 0 aliphatic rings. The predicted molar refractivity (Wildman–Crippen MR) is 63.6 cm³/mol. The molecule has 3 heteroatoms. The first-order valence-electron chi connectivity index (χ1n) is 5.75. The number of hydrogen-bond acceptors (Lipinski definition) is 3. The van der Waals surface area contributed by atoms with Crippen LogP contribution in [0.4, 0.5) is 0 Å². The van der Waals surface area contributed by atoms with Crippen LogP contribution < -0.4 is 0 Å². The van der Waals surface area contributed by atoms with E-state index in [1.807, 2.05) is 19.9 Å². The van der Waals surface area contributed by atoms with Crippen molar-refractivity contribution in [2.75, 3.05) is 7.11 Å². The molecule has 0 aromatic carbocycles. The quantitative estimate of drug-likeness (QED) is 0.394. The summed E-state index contributed by atoms with van der Waals surface area (Å²) < 4.78 is 4.72. The van der Waals surface area contributed by atoms with Gasteiger partial charge in [-0.25, -0.2) is 4.79 Å². The number of allylic oxidation sites excluding steroid dienone is 1. The van der Waals surface area contributed by atoms with E-state index in [2.05, 4.69) is 13.0 Å². The first-order chi connectivity index (χ1) is 7.58. The summed E-state index contributed by atoms with van der Waals surface area (Å²) in [4.78, 5) is 11.7. The van der Waals surface area contributed by atoms with Crippen LogP contribution in [0.15, 0.2) is 11.6 Å². The number of unbranched alkanes of at least 4 members (excludes halogenated alkanes) is 2. The fourth-order valence-electron chi connectivity index (χ4n) is 1.67. The summed E-state index contributed by atoms with van der Waals surface area (Å²) in [5.41, 5.74) is -0.291. The molecule has 1 atom stereocenters. The van der Waals surface area contributed by atoms with Crippen LogP contribution in [0.3, 0.4) is 0 Å². The minimum absolute atomic E-state index is 0.449. The van der Waals surface area contributed by atoms with Crippen LogP contribution in [-0.4, -0.2) is 13.1 Å². The molecule has 0 fully saturated rings. The van der Waals surface area contributed by atoms with Gasteiger partial charge in [-0.2, -0.15) is 5.26 Å². The van der Waals surface area contributed by atoms with Crippen molar-refractivity contribution in [1.29, 1.82) is 5.26 Å². The normalized spacial score (nSPS) is 15.1. The maximum absolute atomic E-state index is 11.7. The maximum Gasteiger partial charge on any atom is 0.330 e. The zero-order valence-electron chi connectivity index (χ0n) is 10.7. The van der Waals surface area contributed by atoms with Crippen LogP contribution in [-0.2, 0) is 9.53 Å². The number of ether oxygens (including phenoxy) is 1. The Morgan fingerprint density at radius 3 is 2.50 bits per heavy atom. The molecule has 0 spiro atoms. The van der Waals surface area contributed by atoms with Crippen LogP contribution in [0.2, 0.25) is 0 Å². The van der Waals surface area contributed by atoms with E-state index in [1.54, 1.807) is 0 Å².